The largest absolute Gasteiger partial charge is 0.439 e. The van der Waals surface area contributed by atoms with Crippen LogP contribution in [0.1, 0.15) is 62.0 Å². The van der Waals surface area contributed by atoms with Gasteiger partial charge in [0.05, 0.1) is 17.8 Å². The lowest BCUT2D eigenvalue weighted by atomic mass is 9.83. The van der Waals surface area contributed by atoms with E-state index < -0.39 is 0 Å². The number of nitrogens with zero attached hydrogens (tertiary/aromatic N) is 5. The van der Waals surface area contributed by atoms with Crippen molar-refractivity contribution < 1.29 is 18.8 Å². The van der Waals surface area contributed by atoms with Gasteiger partial charge < -0.3 is 14.2 Å². The van der Waals surface area contributed by atoms with Gasteiger partial charge in [0.2, 0.25) is 11.8 Å². The first-order valence-corrected chi connectivity index (χ1v) is 13.2. The van der Waals surface area contributed by atoms with Crippen LogP contribution in [-0.4, -0.2) is 42.6 Å². The van der Waals surface area contributed by atoms with Crippen molar-refractivity contribution in [3.8, 4) is 11.6 Å². The number of rotatable bonds is 5. The molecule has 1 aromatic carbocycles. The maximum atomic E-state index is 12.9. The molecule has 1 atom stereocenters. The van der Waals surface area contributed by atoms with Gasteiger partial charge in [-0.15, -0.1) is 0 Å². The molecule has 1 N–H and O–H groups in total. The van der Waals surface area contributed by atoms with E-state index in [0.717, 1.165) is 60.0 Å². The smallest absolute Gasteiger partial charge is 0.331 e. The van der Waals surface area contributed by atoms with E-state index in [4.69, 9.17) is 9.26 Å². The van der Waals surface area contributed by atoms with Crippen molar-refractivity contribution in [3.05, 3.63) is 59.9 Å². The van der Waals surface area contributed by atoms with E-state index in [9.17, 15) is 9.59 Å². The first kappa shape index (κ1) is 22.9. The Balaban J connectivity index is 1.08. The van der Waals surface area contributed by atoms with E-state index in [1.165, 1.54) is 10.9 Å². The molecule has 1 unspecified atom stereocenters. The molecule has 2 amide bonds. The van der Waals surface area contributed by atoms with Gasteiger partial charge in [-0.3, -0.25) is 14.7 Å². The minimum absolute atomic E-state index is 0.0593. The van der Waals surface area contributed by atoms with Crippen LogP contribution in [-0.2, 0) is 17.8 Å². The summed E-state index contributed by atoms with van der Waals surface area (Å²) >= 11 is 0. The number of carbonyl (C=O) groups is 2. The second kappa shape index (κ2) is 8.97. The fourth-order valence-corrected chi connectivity index (χ4v) is 5.32. The molecule has 1 aliphatic heterocycles. The molecular weight excluding hydrogens is 484 g/mol. The Bertz CT molecular complexity index is 1550. The van der Waals surface area contributed by atoms with Crippen LogP contribution in [0.25, 0.3) is 10.9 Å². The minimum atomic E-state index is -0.316. The highest BCUT2D eigenvalue weighted by atomic mass is 16.5. The summed E-state index contributed by atoms with van der Waals surface area (Å²) in [6.07, 6.45) is 9.17. The Morgan fingerprint density at radius 1 is 1.11 bits per heavy atom. The van der Waals surface area contributed by atoms with Crippen LogP contribution in [0.15, 0.2) is 47.4 Å². The van der Waals surface area contributed by atoms with Gasteiger partial charge in [-0.1, -0.05) is 11.6 Å². The van der Waals surface area contributed by atoms with Crippen LogP contribution in [0.3, 0.4) is 0 Å². The molecule has 2 fully saturated rings. The summed E-state index contributed by atoms with van der Waals surface area (Å²) in [4.78, 5) is 36.6. The molecule has 4 heterocycles. The number of ether oxygens (including phenoxy) is 1. The SMILES string of the molecule is CC1Cc2c(ncnc2Oc2ccc3c(ccn3C(=O)Nc3cc(C4CC4)on3)c2)CN1C(=O)C1CCC1. The number of amides is 2. The van der Waals surface area contributed by atoms with Crippen LogP contribution in [0.2, 0.25) is 0 Å². The summed E-state index contributed by atoms with van der Waals surface area (Å²) in [5.74, 6) is 3.17. The number of hydrogen-bond acceptors (Lipinski definition) is 7. The average molecular weight is 513 g/mol. The number of hydrogen-bond donors (Lipinski definition) is 1. The molecular formula is C28H28N6O4. The van der Waals surface area contributed by atoms with Crippen LogP contribution < -0.4 is 10.1 Å². The predicted octanol–water partition coefficient (Wildman–Crippen LogP) is 5.24. The van der Waals surface area contributed by atoms with Gasteiger partial charge in [-0.2, -0.15) is 0 Å². The lowest BCUT2D eigenvalue weighted by molar-refractivity contribution is -0.141. The molecule has 7 rings (SSSR count). The Labute approximate surface area is 219 Å². The molecule has 0 bridgehead atoms. The first-order valence-electron chi connectivity index (χ1n) is 13.2. The standard InChI is InChI=1S/C28H28N6O4/c1-16-11-21-22(14-34(16)27(35)18-3-2-4-18)29-15-30-26(21)37-20-7-8-23-19(12-20)9-10-33(23)28(36)31-25-13-24(38-32-25)17-5-6-17/h7-10,12-13,15-18H,2-6,11,14H2,1H3,(H,31,32,36). The zero-order valence-corrected chi connectivity index (χ0v) is 21.1. The maximum absolute atomic E-state index is 12.9. The van der Waals surface area contributed by atoms with Gasteiger partial charge >= 0.3 is 6.03 Å². The average Bonchev–Trinajstić information content (AvgIpc) is 3.47. The molecule has 3 aromatic heterocycles. The second-order valence-corrected chi connectivity index (χ2v) is 10.6. The third-order valence-electron chi connectivity index (χ3n) is 7.92. The third kappa shape index (κ3) is 4.09. The van der Waals surface area contributed by atoms with E-state index in [1.54, 1.807) is 12.3 Å². The highest BCUT2D eigenvalue weighted by Gasteiger charge is 2.36. The van der Waals surface area contributed by atoms with Gasteiger partial charge in [-0.05, 0) is 63.3 Å². The Hall–Kier alpha value is -4.21. The molecule has 2 saturated carbocycles. The quantitative estimate of drug-likeness (QED) is 0.389. The molecule has 2 aliphatic carbocycles. The molecule has 3 aliphatic rings. The summed E-state index contributed by atoms with van der Waals surface area (Å²) in [5.41, 5.74) is 2.51. The van der Waals surface area contributed by atoms with Gasteiger partial charge in [0, 0.05) is 41.1 Å². The molecule has 0 spiro atoms. The van der Waals surface area contributed by atoms with Crippen molar-refractivity contribution in [1.29, 1.82) is 0 Å². The molecule has 0 saturated heterocycles. The molecule has 10 nitrogen and oxygen atoms in total. The topological polar surface area (TPSA) is 115 Å². The summed E-state index contributed by atoms with van der Waals surface area (Å²) in [6.45, 7) is 2.55. The third-order valence-corrected chi connectivity index (χ3v) is 7.92. The van der Waals surface area contributed by atoms with Crippen molar-refractivity contribution in [3.63, 3.8) is 0 Å². The zero-order chi connectivity index (χ0) is 25.8. The molecule has 10 heteroatoms. The van der Waals surface area contributed by atoms with Crippen molar-refractivity contribution in [2.24, 2.45) is 5.92 Å². The number of benzene rings is 1. The molecule has 4 aromatic rings. The monoisotopic (exact) mass is 512 g/mol. The number of fused-ring (bicyclic) bond motifs is 2. The first-order chi connectivity index (χ1) is 18.5. The van der Waals surface area contributed by atoms with Gasteiger partial charge in [0.25, 0.3) is 0 Å². The highest BCUT2D eigenvalue weighted by Crippen LogP contribution is 2.41. The maximum Gasteiger partial charge on any atom is 0.331 e. The fraction of sp³-hybridized carbons (Fsp3) is 0.393. The van der Waals surface area contributed by atoms with Crippen molar-refractivity contribution in [1.82, 2.24) is 24.6 Å². The summed E-state index contributed by atoms with van der Waals surface area (Å²) in [6, 6.07) is 8.94. The van der Waals surface area contributed by atoms with Crippen LogP contribution >= 0.6 is 0 Å². The van der Waals surface area contributed by atoms with Gasteiger partial charge in [0.1, 0.15) is 17.8 Å². The predicted molar refractivity (Wildman–Crippen MR) is 138 cm³/mol. The molecule has 0 radical (unpaired) electrons. The lowest BCUT2D eigenvalue weighted by Gasteiger charge is -2.38. The van der Waals surface area contributed by atoms with Gasteiger partial charge in [-0.25, -0.2) is 14.8 Å². The summed E-state index contributed by atoms with van der Waals surface area (Å²) in [5, 5.41) is 7.62. The lowest BCUT2D eigenvalue weighted by Crippen LogP contribution is -2.47. The highest BCUT2D eigenvalue weighted by molar-refractivity contribution is 5.98. The Kier molecular flexibility index (Phi) is 5.41. The number of anilines is 1. The number of nitrogens with one attached hydrogen (secondary N) is 1. The van der Waals surface area contributed by atoms with Crippen molar-refractivity contribution >= 4 is 28.7 Å². The van der Waals surface area contributed by atoms with Gasteiger partial charge in [0.15, 0.2) is 5.82 Å². The Morgan fingerprint density at radius 2 is 1.97 bits per heavy atom. The van der Waals surface area contributed by atoms with E-state index in [-0.39, 0.29) is 23.9 Å². The fourth-order valence-electron chi connectivity index (χ4n) is 5.32. The Morgan fingerprint density at radius 3 is 2.76 bits per heavy atom. The van der Waals surface area contributed by atoms with E-state index in [2.05, 4.69) is 27.4 Å². The van der Waals surface area contributed by atoms with Crippen LogP contribution in [0, 0.1) is 5.92 Å². The summed E-state index contributed by atoms with van der Waals surface area (Å²) in [7, 11) is 0. The van der Waals surface area contributed by atoms with Crippen LogP contribution in [0.5, 0.6) is 11.6 Å². The van der Waals surface area contributed by atoms with Crippen LogP contribution in [0.4, 0.5) is 10.6 Å². The summed E-state index contributed by atoms with van der Waals surface area (Å²) < 4.78 is 13.1. The number of carbonyl (C=O) groups excluding carboxylic acids is 2. The molecule has 38 heavy (non-hydrogen) atoms. The zero-order valence-electron chi connectivity index (χ0n) is 21.1. The van der Waals surface area contributed by atoms with E-state index >= 15 is 0 Å². The second-order valence-electron chi connectivity index (χ2n) is 10.6. The van der Waals surface area contributed by atoms with E-state index in [1.807, 2.05) is 29.2 Å². The minimum Gasteiger partial charge on any atom is -0.439 e. The molecule has 194 valence electrons. The van der Waals surface area contributed by atoms with Crippen molar-refractivity contribution in [2.45, 2.75) is 64.0 Å². The number of aromatic nitrogens is 4. The van der Waals surface area contributed by atoms with E-state index in [0.29, 0.717) is 36.3 Å². The normalized spacial score (nSPS) is 19.2. The van der Waals surface area contributed by atoms with Crippen molar-refractivity contribution in [2.75, 3.05) is 5.32 Å².